The molecule has 1 aliphatic rings. The number of nitrogens with zero attached hydrogens (tertiary/aromatic N) is 1. The molecule has 0 aliphatic carbocycles. The van der Waals surface area contributed by atoms with Crippen LogP contribution in [0.15, 0.2) is 12.1 Å². The number of nitrogens with one attached hydrogen (secondary N) is 1. The third kappa shape index (κ3) is 2.73. The minimum absolute atomic E-state index is 0.324. The van der Waals surface area contributed by atoms with E-state index in [9.17, 15) is 4.79 Å². The zero-order valence-electron chi connectivity index (χ0n) is 12.0. The third-order valence-electron chi connectivity index (χ3n) is 3.90. The molecule has 1 aromatic rings. The van der Waals surface area contributed by atoms with Gasteiger partial charge in [-0.1, -0.05) is 6.07 Å². The Hall–Kier alpha value is -1.55. The molecule has 0 saturated heterocycles. The van der Waals surface area contributed by atoms with Crippen LogP contribution in [-0.2, 0) is 12.8 Å². The molecule has 3 N–H and O–H groups in total. The number of fused-ring (bicyclic) bond motifs is 1. The number of nitrogens with two attached hydrogens (primary N) is 1. The Bertz CT molecular complexity index is 485. The summed E-state index contributed by atoms with van der Waals surface area (Å²) in [5.41, 5.74) is 9.73. The first-order valence-electron chi connectivity index (χ1n) is 6.94. The highest BCUT2D eigenvalue weighted by atomic mass is 16.1. The van der Waals surface area contributed by atoms with Crippen LogP contribution in [0.2, 0.25) is 0 Å². The second-order valence-electron chi connectivity index (χ2n) is 5.24. The molecule has 1 aliphatic heterocycles. The van der Waals surface area contributed by atoms with E-state index in [1.54, 1.807) is 0 Å². The van der Waals surface area contributed by atoms with Gasteiger partial charge in [-0.3, -0.25) is 4.79 Å². The topological polar surface area (TPSA) is 58.4 Å². The van der Waals surface area contributed by atoms with Crippen LogP contribution in [0.3, 0.4) is 0 Å². The molecule has 0 bridgehead atoms. The van der Waals surface area contributed by atoms with E-state index in [1.165, 1.54) is 11.1 Å². The van der Waals surface area contributed by atoms with E-state index in [4.69, 9.17) is 5.73 Å². The summed E-state index contributed by atoms with van der Waals surface area (Å²) in [4.78, 5) is 13.9. The largest absolute Gasteiger partial charge is 0.371 e. The molecular formula is C15H23N3O. The van der Waals surface area contributed by atoms with Crippen molar-refractivity contribution in [3.8, 4) is 0 Å². The number of carbonyl (C=O) groups excluding carboxylic acids is 1. The van der Waals surface area contributed by atoms with Crippen LogP contribution in [0.25, 0.3) is 0 Å². The van der Waals surface area contributed by atoms with E-state index in [0.717, 1.165) is 31.6 Å². The van der Waals surface area contributed by atoms with Gasteiger partial charge in [-0.25, -0.2) is 0 Å². The standard InChI is InChI=1S/C15H23N3O/c1-4-18-6-5-12-8-11(7-10(2)17-3)9-13(14(12)18)15(16)19/h8-10,17H,4-7H2,1-3H3,(H2,16,19). The fraction of sp³-hybridized carbons (Fsp3) is 0.533. The van der Waals surface area contributed by atoms with Crippen LogP contribution in [0, 0.1) is 0 Å². The minimum atomic E-state index is -0.324. The number of rotatable bonds is 5. The monoisotopic (exact) mass is 261 g/mol. The highest BCUT2D eigenvalue weighted by molar-refractivity contribution is 6.00. The van der Waals surface area contributed by atoms with Crippen LogP contribution < -0.4 is 16.0 Å². The highest BCUT2D eigenvalue weighted by Gasteiger charge is 2.24. The maximum atomic E-state index is 11.7. The highest BCUT2D eigenvalue weighted by Crippen LogP contribution is 2.33. The van der Waals surface area contributed by atoms with Crippen LogP contribution in [0.1, 0.15) is 35.3 Å². The summed E-state index contributed by atoms with van der Waals surface area (Å²) in [7, 11) is 1.95. The summed E-state index contributed by atoms with van der Waals surface area (Å²) in [5.74, 6) is -0.324. The Morgan fingerprint density at radius 1 is 1.53 bits per heavy atom. The maximum Gasteiger partial charge on any atom is 0.250 e. The van der Waals surface area contributed by atoms with Crippen molar-refractivity contribution >= 4 is 11.6 Å². The zero-order chi connectivity index (χ0) is 14.0. The average molecular weight is 261 g/mol. The lowest BCUT2D eigenvalue weighted by Crippen LogP contribution is -2.25. The van der Waals surface area contributed by atoms with Gasteiger partial charge < -0.3 is 16.0 Å². The summed E-state index contributed by atoms with van der Waals surface area (Å²) in [6.07, 6.45) is 1.92. The lowest BCUT2D eigenvalue weighted by Gasteiger charge is -2.20. The smallest absolute Gasteiger partial charge is 0.250 e. The summed E-state index contributed by atoms with van der Waals surface area (Å²) in [6, 6.07) is 4.58. The molecule has 1 atom stereocenters. The Morgan fingerprint density at radius 3 is 2.84 bits per heavy atom. The van der Waals surface area contributed by atoms with Crippen LogP contribution in [0.5, 0.6) is 0 Å². The zero-order valence-corrected chi connectivity index (χ0v) is 12.0. The normalized spacial score (nSPS) is 15.4. The Kier molecular flexibility index (Phi) is 4.10. The van der Waals surface area contributed by atoms with Gasteiger partial charge in [0.2, 0.25) is 0 Å². The van der Waals surface area contributed by atoms with Crippen molar-refractivity contribution in [1.82, 2.24) is 5.32 Å². The van der Waals surface area contributed by atoms with Crippen molar-refractivity contribution < 1.29 is 4.79 Å². The number of hydrogen-bond donors (Lipinski definition) is 2. The van der Waals surface area contributed by atoms with E-state index in [-0.39, 0.29) is 5.91 Å². The Labute approximate surface area is 115 Å². The van der Waals surface area contributed by atoms with Crippen molar-refractivity contribution in [1.29, 1.82) is 0 Å². The summed E-state index contributed by atoms with van der Waals surface area (Å²) in [5, 5.41) is 3.22. The van der Waals surface area contributed by atoms with Crippen LogP contribution in [0.4, 0.5) is 5.69 Å². The molecular weight excluding hydrogens is 238 g/mol. The Morgan fingerprint density at radius 2 is 2.26 bits per heavy atom. The van der Waals surface area contributed by atoms with E-state index < -0.39 is 0 Å². The molecule has 0 spiro atoms. The Balaban J connectivity index is 2.42. The molecule has 1 aromatic carbocycles. The molecule has 19 heavy (non-hydrogen) atoms. The lowest BCUT2D eigenvalue weighted by atomic mass is 9.98. The molecule has 0 fully saturated rings. The first-order valence-corrected chi connectivity index (χ1v) is 6.94. The van der Waals surface area contributed by atoms with Crippen molar-refractivity contribution in [2.24, 2.45) is 5.73 Å². The van der Waals surface area contributed by atoms with Crippen molar-refractivity contribution in [2.75, 3.05) is 25.0 Å². The SMILES string of the molecule is CCN1CCc2cc(CC(C)NC)cc(C(N)=O)c21. The number of primary amides is 1. The number of likely N-dealkylation sites (N-methyl/N-ethyl adjacent to an activating group) is 2. The molecule has 2 rings (SSSR count). The lowest BCUT2D eigenvalue weighted by molar-refractivity contribution is 0.100. The predicted molar refractivity (Wildman–Crippen MR) is 78.8 cm³/mol. The van der Waals surface area contributed by atoms with Crippen molar-refractivity contribution in [3.63, 3.8) is 0 Å². The van der Waals surface area contributed by atoms with Crippen molar-refractivity contribution in [3.05, 3.63) is 28.8 Å². The van der Waals surface area contributed by atoms with Gasteiger partial charge in [0, 0.05) is 19.1 Å². The molecule has 4 heteroatoms. The molecule has 104 valence electrons. The predicted octanol–water partition coefficient (Wildman–Crippen LogP) is 1.32. The molecule has 0 radical (unpaired) electrons. The summed E-state index contributed by atoms with van der Waals surface area (Å²) >= 11 is 0. The summed E-state index contributed by atoms with van der Waals surface area (Å²) in [6.45, 7) is 6.14. The average Bonchev–Trinajstić information content (AvgIpc) is 2.80. The van der Waals surface area contributed by atoms with Gasteiger partial charge in [0.05, 0.1) is 11.3 Å². The maximum absolute atomic E-state index is 11.7. The van der Waals surface area contributed by atoms with Gasteiger partial charge in [-0.15, -0.1) is 0 Å². The van der Waals surface area contributed by atoms with E-state index in [0.29, 0.717) is 11.6 Å². The van der Waals surface area contributed by atoms with Gasteiger partial charge >= 0.3 is 0 Å². The third-order valence-corrected chi connectivity index (χ3v) is 3.90. The number of amides is 1. The minimum Gasteiger partial charge on any atom is -0.371 e. The number of hydrogen-bond acceptors (Lipinski definition) is 3. The molecule has 0 saturated carbocycles. The van der Waals surface area contributed by atoms with Crippen LogP contribution >= 0.6 is 0 Å². The van der Waals surface area contributed by atoms with Gasteiger partial charge in [-0.05, 0) is 50.9 Å². The van der Waals surface area contributed by atoms with E-state index in [1.807, 2.05) is 13.1 Å². The first-order chi connectivity index (χ1) is 9.06. The number of carbonyl (C=O) groups is 1. The quantitative estimate of drug-likeness (QED) is 0.840. The molecule has 1 amide bonds. The van der Waals surface area contributed by atoms with Gasteiger partial charge in [-0.2, -0.15) is 0 Å². The fourth-order valence-corrected chi connectivity index (χ4v) is 2.77. The first kappa shape index (κ1) is 13.9. The van der Waals surface area contributed by atoms with E-state index >= 15 is 0 Å². The number of benzene rings is 1. The van der Waals surface area contributed by atoms with Gasteiger partial charge in [0.25, 0.3) is 5.91 Å². The fourth-order valence-electron chi connectivity index (χ4n) is 2.77. The van der Waals surface area contributed by atoms with E-state index in [2.05, 4.69) is 30.1 Å². The number of anilines is 1. The molecule has 1 heterocycles. The molecule has 0 aromatic heterocycles. The van der Waals surface area contributed by atoms with Crippen LogP contribution in [-0.4, -0.2) is 32.1 Å². The van der Waals surface area contributed by atoms with Gasteiger partial charge in [0.1, 0.15) is 0 Å². The molecule has 1 unspecified atom stereocenters. The van der Waals surface area contributed by atoms with Crippen molar-refractivity contribution in [2.45, 2.75) is 32.7 Å². The molecule has 4 nitrogen and oxygen atoms in total. The van der Waals surface area contributed by atoms with Gasteiger partial charge in [0.15, 0.2) is 0 Å². The summed E-state index contributed by atoms with van der Waals surface area (Å²) < 4.78 is 0. The second kappa shape index (κ2) is 5.61. The second-order valence-corrected chi connectivity index (χ2v) is 5.24.